The van der Waals surface area contributed by atoms with E-state index >= 15 is 0 Å². The van der Waals surface area contributed by atoms with Gasteiger partial charge >= 0.3 is 5.82 Å². The predicted octanol–water partition coefficient (Wildman–Crippen LogP) is 0.850. The third-order valence-corrected chi connectivity index (χ3v) is 2.58. The van der Waals surface area contributed by atoms with Crippen LogP contribution in [0.2, 0.25) is 0 Å². The molecule has 0 aliphatic heterocycles. The number of nitro groups is 1. The van der Waals surface area contributed by atoms with Crippen LogP contribution in [0.1, 0.15) is 18.5 Å². The molecule has 6 nitrogen and oxygen atoms in total. The Morgan fingerprint density at radius 3 is 2.93 bits per heavy atom. The molecule has 0 N–H and O–H groups in total. The second-order valence-electron chi connectivity index (χ2n) is 3.80. The topological polar surface area (TPSA) is 78.0 Å². The minimum atomic E-state index is -0.546. The molecule has 0 unspecified atom stereocenters. The first-order valence-electron chi connectivity index (χ1n) is 4.77. The minimum absolute atomic E-state index is 0.0849. The summed E-state index contributed by atoms with van der Waals surface area (Å²) in [5.74, 6) is 0.00713. The van der Waals surface area contributed by atoms with Crippen LogP contribution >= 0.6 is 0 Å². The highest BCUT2D eigenvalue weighted by atomic mass is 16.6. The Morgan fingerprint density at radius 2 is 2.40 bits per heavy atom. The Labute approximate surface area is 86.1 Å². The first-order chi connectivity index (χ1) is 7.09. The quantitative estimate of drug-likeness (QED) is 0.544. The summed E-state index contributed by atoms with van der Waals surface area (Å²) in [6.07, 6.45) is 3.33. The minimum Gasteiger partial charge on any atom is -0.358 e. The van der Waals surface area contributed by atoms with Gasteiger partial charge in [0.2, 0.25) is 6.33 Å². The van der Waals surface area contributed by atoms with E-state index < -0.39 is 4.92 Å². The highest BCUT2D eigenvalue weighted by Crippen LogP contribution is 2.31. The fraction of sp³-hybridized carbons (Fsp3) is 0.556. The molecule has 1 aliphatic rings. The zero-order chi connectivity index (χ0) is 11.0. The van der Waals surface area contributed by atoms with Crippen LogP contribution in [0.25, 0.3) is 0 Å². The number of aromatic nitrogens is 2. The van der Waals surface area contributed by atoms with E-state index in [0.717, 1.165) is 12.8 Å². The summed E-state index contributed by atoms with van der Waals surface area (Å²) in [7, 11) is 1.66. The number of imidazole rings is 1. The van der Waals surface area contributed by atoms with Gasteiger partial charge in [0.25, 0.3) is 0 Å². The smallest absolute Gasteiger partial charge is 0.358 e. The molecule has 1 aromatic heterocycles. The van der Waals surface area contributed by atoms with Crippen LogP contribution < -0.4 is 0 Å². The molecule has 0 bridgehead atoms. The number of rotatable bonds is 4. The molecule has 15 heavy (non-hydrogen) atoms. The van der Waals surface area contributed by atoms with E-state index in [0.29, 0.717) is 5.69 Å². The van der Waals surface area contributed by atoms with Crippen molar-refractivity contribution in [1.29, 1.82) is 0 Å². The lowest BCUT2D eigenvalue weighted by atomic mass is 10.1. The number of Topliss-reactive ketones (excluding diaryl/α,β-unsaturated/α-hetero) is 1. The van der Waals surface area contributed by atoms with Gasteiger partial charge in [-0.25, -0.2) is 0 Å². The van der Waals surface area contributed by atoms with E-state index in [1.165, 1.54) is 6.33 Å². The highest BCUT2D eigenvalue weighted by molar-refractivity contribution is 5.85. The molecule has 1 heterocycles. The third-order valence-electron chi connectivity index (χ3n) is 2.58. The monoisotopic (exact) mass is 209 g/mol. The van der Waals surface area contributed by atoms with E-state index in [1.54, 1.807) is 11.6 Å². The van der Waals surface area contributed by atoms with Crippen LogP contribution in [0.15, 0.2) is 6.33 Å². The average Bonchev–Trinajstić information content (AvgIpc) is 2.94. The maximum absolute atomic E-state index is 11.5. The van der Waals surface area contributed by atoms with Crippen molar-refractivity contribution in [2.24, 2.45) is 13.0 Å². The zero-order valence-electron chi connectivity index (χ0n) is 8.34. The lowest BCUT2D eigenvalue weighted by Crippen LogP contribution is -2.09. The van der Waals surface area contributed by atoms with Gasteiger partial charge < -0.3 is 14.7 Å². The van der Waals surface area contributed by atoms with Crippen molar-refractivity contribution in [2.45, 2.75) is 19.3 Å². The highest BCUT2D eigenvalue weighted by Gasteiger charge is 2.32. The lowest BCUT2D eigenvalue weighted by molar-refractivity contribution is -0.390. The first-order valence-corrected chi connectivity index (χ1v) is 4.77. The summed E-state index contributed by atoms with van der Waals surface area (Å²) in [4.78, 5) is 25.3. The van der Waals surface area contributed by atoms with Gasteiger partial charge in [0, 0.05) is 13.0 Å². The molecule has 0 aromatic carbocycles. The Kier molecular flexibility index (Phi) is 2.26. The number of ketones is 1. The van der Waals surface area contributed by atoms with Gasteiger partial charge in [-0.2, -0.15) is 0 Å². The molecule has 1 saturated carbocycles. The van der Waals surface area contributed by atoms with Crippen molar-refractivity contribution in [3.05, 3.63) is 22.1 Å². The average molecular weight is 209 g/mol. The van der Waals surface area contributed by atoms with Gasteiger partial charge in [0.1, 0.15) is 11.5 Å². The first kappa shape index (κ1) is 9.82. The van der Waals surface area contributed by atoms with Gasteiger partial charge in [-0.15, -0.1) is 0 Å². The summed E-state index contributed by atoms with van der Waals surface area (Å²) in [6.45, 7) is 0. The summed E-state index contributed by atoms with van der Waals surface area (Å²) in [5.41, 5.74) is 0.400. The number of carbonyl (C=O) groups excluding carboxylic acids is 1. The van der Waals surface area contributed by atoms with E-state index in [-0.39, 0.29) is 23.9 Å². The molecule has 1 aliphatic carbocycles. The summed E-state index contributed by atoms with van der Waals surface area (Å²) in [5, 5.41) is 10.6. The largest absolute Gasteiger partial charge is 0.385 e. The molecule has 0 atom stereocenters. The molecule has 80 valence electrons. The number of hydrogen-bond acceptors (Lipinski definition) is 4. The molecule has 0 radical (unpaired) electrons. The fourth-order valence-corrected chi connectivity index (χ4v) is 1.51. The number of aryl methyl sites for hydroxylation is 1. The number of hydrogen-bond donors (Lipinski definition) is 0. The summed E-state index contributed by atoms with van der Waals surface area (Å²) in [6, 6.07) is 0. The van der Waals surface area contributed by atoms with E-state index in [2.05, 4.69) is 4.98 Å². The standard InChI is InChI=1S/C9H11N3O3/c1-11-5-10-9(12(14)15)7(11)4-8(13)6-2-3-6/h5-6H,2-4H2,1H3. The second kappa shape index (κ2) is 3.45. The molecule has 0 spiro atoms. The summed E-state index contributed by atoms with van der Waals surface area (Å²) >= 11 is 0. The molecule has 1 fully saturated rings. The third kappa shape index (κ3) is 1.88. The Bertz CT molecular complexity index is 420. The van der Waals surface area contributed by atoms with Crippen LogP contribution in [-0.4, -0.2) is 20.3 Å². The van der Waals surface area contributed by atoms with Crippen molar-refractivity contribution >= 4 is 11.6 Å². The molecule has 1 aromatic rings. The van der Waals surface area contributed by atoms with Crippen molar-refractivity contribution in [2.75, 3.05) is 0 Å². The van der Waals surface area contributed by atoms with Crippen molar-refractivity contribution in [3.8, 4) is 0 Å². The van der Waals surface area contributed by atoms with E-state index in [4.69, 9.17) is 0 Å². The lowest BCUT2D eigenvalue weighted by Gasteiger charge is -2.00. The van der Waals surface area contributed by atoms with E-state index in [1.807, 2.05) is 0 Å². The Morgan fingerprint density at radius 1 is 1.73 bits per heavy atom. The van der Waals surface area contributed by atoms with Crippen LogP contribution in [0, 0.1) is 16.0 Å². The van der Waals surface area contributed by atoms with E-state index in [9.17, 15) is 14.9 Å². The van der Waals surface area contributed by atoms with Gasteiger partial charge in [0.15, 0.2) is 0 Å². The normalized spacial score (nSPS) is 15.3. The maximum atomic E-state index is 11.5. The van der Waals surface area contributed by atoms with Crippen LogP contribution in [0.3, 0.4) is 0 Å². The van der Waals surface area contributed by atoms with Crippen molar-refractivity contribution < 1.29 is 9.72 Å². The molecular weight excluding hydrogens is 198 g/mol. The SMILES string of the molecule is Cn1cnc([N+](=O)[O-])c1CC(=O)C1CC1. The van der Waals surface area contributed by atoms with Gasteiger partial charge in [-0.05, 0) is 22.7 Å². The van der Waals surface area contributed by atoms with Gasteiger partial charge in [-0.1, -0.05) is 0 Å². The van der Waals surface area contributed by atoms with Crippen LogP contribution in [0.5, 0.6) is 0 Å². The molecule has 0 amide bonds. The predicted molar refractivity (Wildman–Crippen MR) is 51.3 cm³/mol. The fourth-order valence-electron chi connectivity index (χ4n) is 1.51. The molecular formula is C9H11N3O3. The van der Waals surface area contributed by atoms with Crippen molar-refractivity contribution in [1.82, 2.24) is 9.55 Å². The Balaban J connectivity index is 2.21. The van der Waals surface area contributed by atoms with Gasteiger partial charge in [-0.3, -0.25) is 4.79 Å². The number of nitrogens with zero attached hydrogens (tertiary/aromatic N) is 3. The molecule has 0 saturated heterocycles. The number of carbonyl (C=O) groups is 1. The van der Waals surface area contributed by atoms with Crippen LogP contribution in [0.4, 0.5) is 5.82 Å². The molecule has 2 rings (SSSR count). The van der Waals surface area contributed by atoms with Crippen LogP contribution in [-0.2, 0) is 18.3 Å². The zero-order valence-corrected chi connectivity index (χ0v) is 8.34. The molecule has 6 heteroatoms. The summed E-state index contributed by atoms with van der Waals surface area (Å²) < 4.78 is 1.54. The second-order valence-corrected chi connectivity index (χ2v) is 3.80. The Hall–Kier alpha value is -1.72. The van der Waals surface area contributed by atoms with Crippen molar-refractivity contribution in [3.63, 3.8) is 0 Å². The maximum Gasteiger partial charge on any atom is 0.385 e. The van der Waals surface area contributed by atoms with Gasteiger partial charge in [0.05, 0.1) is 6.42 Å².